The van der Waals surface area contributed by atoms with Crippen LogP contribution in [-0.2, 0) is 44.8 Å². The van der Waals surface area contributed by atoms with Crippen LogP contribution in [0.5, 0.6) is 0 Å². The average molecular weight is 795 g/mol. The van der Waals surface area contributed by atoms with Crippen molar-refractivity contribution in [3.05, 3.63) is 29.8 Å². The van der Waals surface area contributed by atoms with Gasteiger partial charge >= 0.3 is 24.3 Å². The molecule has 0 bridgehead atoms. The zero-order valence-corrected chi connectivity index (χ0v) is 32.6. The van der Waals surface area contributed by atoms with E-state index in [-0.39, 0.29) is 31.7 Å². The Balaban J connectivity index is 2.90. The Labute approximate surface area is 324 Å². The van der Waals surface area contributed by atoms with Gasteiger partial charge in [-0.3, -0.25) is 28.9 Å². The monoisotopic (exact) mass is 794 g/mol. The van der Waals surface area contributed by atoms with Gasteiger partial charge in [0, 0.05) is 24.8 Å². The molecule has 0 aliphatic rings. The number of rotatable bonds is 20. The Morgan fingerprint density at radius 1 is 0.786 bits per heavy atom. The predicted octanol–water partition coefficient (Wildman–Crippen LogP) is -0.534. The number of nitrogens with zero attached hydrogens (tertiary/aromatic N) is 1. The van der Waals surface area contributed by atoms with Crippen molar-refractivity contribution in [2.75, 3.05) is 38.5 Å². The number of primary amides is 2. The summed E-state index contributed by atoms with van der Waals surface area (Å²) in [7, 11) is 1.33. The van der Waals surface area contributed by atoms with Crippen LogP contribution in [-0.4, -0.2) is 116 Å². The predicted molar refractivity (Wildman–Crippen MR) is 199 cm³/mol. The summed E-state index contributed by atoms with van der Waals surface area (Å²) in [6, 6.07) is 3.22. The number of carbonyl (C=O) groups is 9. The van der Waals surface area contributed by atoms with Gasteiger partial charge in [-0.25, -0.2) is 19.2 Å². The minimum Gasteiger partial charge on any atom is -0.444 e. The maximum Gasteiger partial charge on any atom is 0.412 e. The molecule has 0 heterocycles. The van der Waals surface area contributed by atoms with Crippen molar-refractivity contribution in [1.29, 1.82) is 0 Å². The van der Waals surface area contributed by atoms with Crippen molar-refractivity contribution < 1.29 is 57.4 Å². The maximum atomic E-state index is 13.6. The van der Waals surface area contributed by atoms with Crippen molar-refractivity contribution in [2.24, 2.45) is 17.4 Å². The molecule has 1 aromatic carbocycles. The fourth-order valence-corrected chi connectivity index (χ4v) is 4.38. The third-order valence-electron chi connectivity index (χ3n) is 7.30. The molecule has 0 saturated carbocycles. The van der Waals surface area contributed by atoms with E-state index < -0.39 is 103 Å². The van der Waals surface area contributed by atoms with E-state index in [0.717, 1.165) is 4.90 Å². The number of benzene rings is 1. The molecule has 0 fully saturated rings. The van der Waals surface area contributed by atoms with E-state index in [1.54, 1.807) is 52.8 Å². The number of amides is 10. The molecule has 22 heteroatoms. The number of urea groups is 1. The molecule has 0 aliphatic heterocycles. The highest BCUT2D eigenvalue weighted by molar-refractivity contribution is 5.99. The van der Waals surface area contributed by atoms with Crippen LogP contribution < -0.4 is 48.7 Å². The number of hydrogen-bond donors (Lipinski definition) is 9. The number of nitrogens with two attached hydrogens (primary N) is 2. The van der Waals surface area contributed by atoms with Crippen molar-refractivity contribution in [1.82, 2.24) is 36.8 Å². The van der Waals surface area contributed by atoms with Gasteiger partial charge in [-0.1, -0.05) is 32.0 Å². The Morgan fingerprint density at radius 3 is 1.95 bits per heavy atom. The summed E-state index contributed by atoms with van der Waals surface area (Å²) < 4.78 is 15.1. The van der Waals surface area contributed by atoms with Gasteiger partial charge in [0.2, 0.25) is 29.5 Å². The molecule has 11 N–H and O–H groups in total. The summed E-state index contributed by atoms with van der Waals surface area (Å²) in [5.74, 6) is -4.06. The lowest BCUT2D eigenvalue weighted by atomic mass is 10.0. The number of ether oxygens (including phenoxy) is 3. The second kappa shape index (κ2) is 23.4. The number of carbonyl (C=O) groups excluding carboxylic acids is 9. The summed E-state index contributed by atoms with van der Waals surface area (Å²) in [6.45, 7) is 7.90. The van der Waals surface area contributed by atoms with Crippen LogP contribution >= 0.6 is 0 Å². The highest BCUT2D eigenvalue weighted by Gasteiger charge is 2.29. The minimum absolute atomic E-state index is 0.0192. The van der Waals surface area contributed by atoms with E-state index in [4.69, 9.17) is 25.7 Å². The topological polar surface area (TPSA) is 321 Å². The molecule has 0 aromatic heterocycles. The van der Waals surface area contributed by atoms with Crippen LogP contribution in [0.2, 0.25) is 0 Å². The summed E-state index contributed by atoms with van der Waals surface area (Å²) in [6.07, 6.45) is -3.56. The second-order valence-corrected chi connectivity index (χ2v) is 13.5. The second-order valence-electron chi connectivity index (χ2n) is 13.5. The van der Waals surface area contributed by atoms with Crippen LogP contribution in [0.25, 0.3) is 0 Å². The lowest BCUT2D eigenvalue weighted by Gasteiger charge is -2.26. The normalized spacial score (nSPS) is 12.4. The molecule has 1 aromatic rings. The Hall–Kier alpha value is -6.35. The van der Waals surface area contributed by atoms with E-state index in [0.29, 0.717) is 5.56 Å². The standard InChI is InChI=1S/C34H54N10O12/c1-19(2)27(43-26(47)17-39-24(45)15-38-25(46)16-40-32(52)56-34(4,5)6)29(49)42-23(13-10-14-37-30(35)50)28(48)41-22-12-9-8-11-21(22)18-54-33(53)44(7)20(3)55-31(36)51/h8-9,11-12,19-20,23,27H,10,13-18H2,1-7H3,(H2,36,51)(H,38,46)(H,39,45)(H,40,52)(H,41,48)(H,42,49)(H,43,47)(H3,35,37,50)/t20-,23-,27-/m0/s1. The van der Waals surface area contributed by atoms with Crippen LogP contribution in [0, 0.1) is 5.92 Å². The molecule has 0 radical (unpaired) electrons. The summed E-state index contributed by atoms with van der Waals surface area (Å²) in [5.41, 5.74) is 9.98. The highest BCUT2D eigenvalue weighted by Crippen LogP contribution is 2.18. The fraction of sp³-hybridized carbons (Fsp3) is 0.559. The number of anilines is 1. The third kappa shape index (κ3) is 19.6. The highest BCUT2D eigenvalue weighted by atomic mass is 16.6. The molecule has 0 aliphatic carbocycles. The van der Waals surface area contributed by atoms with E-state index in [1.165, 1.54) is 20.0 Å². The zero-order valence-electron chi connectivity index (χ0n) is 32.6. The van der Waals surface area contributed by atoms with Crippen molar-refractivity contribution in [3.8, 4) is 0 Å². The minimum atomic E-state index is -1.20. The van der Waals surface area contributed by atoms with Gasteiger partial charge < -0.3 is 62.9 Å². The van der Waals surface area contributed by atoms with Crippen molar-refractivity contribution >= 4 is 59.5 Å². The molecule has 56 heavy (non-hydrogen) atoms. The number of alkyl carbamates (subject to hydrolysis) is 1. The van der Waals surface area contributed by atoms with Gasteiger partial charge in [0.1, 0.15) is 30.8 Å². The molecule has 0 unspecified atom stereocenters. The molecule has 0 spiro atoms. The first kappa shape index (κ1) is 47.7. The van der Waals surface area contributed by atoms with Crippen LogP contribution in [0.3, 0.4) is 0 Å². The molecular formula is C34H54N10O12. The van der Waals surface area contributed by atoms with Crippen molar-refractivity contribution in [3.63, 3.8) is 0 Å². The van der Waals surface area contributed by atoms with Crippen LogP contribution in [0.1, 0.15) is 59.9 Å². The molecule has 3 atom stereocenters. The summed E-state index contributed by atoms with van der Waals surface area (Å²) >= 11 is 0. The Kier molecular flexibility index (Phi) is 20.0. The molecule has 0 saturated heterocycles. The Morgan fingerprint density at radius 2 is 1.38 bits per heavy atom. The van der Waals surface area contributed by atoms with Gasteiger partial charge in [-0.2, -0.15) is 0 Å². The Bertz CT molecular complexity index is 1570. The average Bonchev–Trinajstić information content (AvgIpc) is 3.10. The number of nitrogens with one attached hydrogen (secondary N) is 7. The molecule has 1 rings (SSSR count). The lowest BCUT2D eigenvalue weighted by molar-refractivity contribution is -0.132. The third-order valence-corrected chi connectivity index (χ3v) is 7.30. The SMILES string of the molecule is CC(C)[C@H](NC(=O)CNC(=O)CNC(=O)CNC(=O)OC(C)(C)C)C(=O)N[C@@H](CCCNC(N)=O)C(=O)Nc1ccccc1COC(=O)N(C)[C@H](C)OC(N)=O. The van der Waals surface area contributed by atoms with Crippen molar-refractivity contribution in [2.45, 2.75) is 84.9 Å². The number of para-hydroxylation sites is 1. The molecule has 10 amide bonds. The number of hydrogen-bond acceptors (Lipinski definition) is 12. The van der Waals surface area contributed by atoms with Gasteiger partial charge in [0.15, 0.2) is 6.23 Å². The van der Waals surface area contributed by atoms with Crippen LogP contribution in [0.15, 0.2) is 24.3 Å². The molecular weight excluding hydrogens is 740 g/mol. The quantitative estimate of drug-likeness (QED) is 0.0457. The first-order chi connectivity index (χ1) is 26.1. The maximum absolute atomic E-state index is 13.6. The van der Waals surface area contributed by atoms with E-state index in [9.17, 15) is 43.2 Å². The van der Waals surface area contributed by atoms with Gasteiger partial charge in [0.05, 0.1) is 13.1 Å². The van der Waals surface area contributed by atoms with Gasteiger partial charge in [-0.15, -0.1) is 0 Å². The summed E-state index contributed by atoms with van der Waals surface area (Å²) in [5, 5.41) is 17.1. The van der Waals surface area contributed by atoms with Gasteiger partial charge in [0.25, 0.3) is 0 Å². The lowest BCUT2D eigenvalue weighted by Crippen LogP contribution is -2.56. The first-order valence-electron chi connectivity index (χ1n) is 17.5. The zero-order chi connectivity index (χ0) is 42.6. The summed E-state index contributed by atoms with van der Waals surface area (Å²) in [4.78, 5) is 111. The van der Waals surface area contributed by atoms with E-state index in [2.05, 4.69) is 37.2 Å². The van der Waals surface area contributed by atoms with E-state index in [1.807, 2.05) is 0 Å². The van der Waals surface area contributed by atoms with Gasteiger partial charge in [-0.05, 0) is 52.5 Å². The smallest absolute Gasteiger partial charge is 0.412 e. The largest absolute Gasteiger partial charge is 0.444 e. The molecule has 312 valence electrons. The first-order valence-corrected chi connectivity index (χ1v) is 17.5. The fourth-order valence-electron chi connectivity index (χ4n) is 4.38. The molecule has 22 nitrogen and oxygen atoms in total. The van der Waals surface area contributed by atoms with Crippen LogP contribution in [0.4, 0.5) is 24.9 Å². The van der Waals surface area contributed by atoms with E-state index >= 15 is 0 Å².